The van der Waals surface area contributed by atoms with Gasteiger partial charge in [-0.3, -0.25) is 0 Å². The standard InChI is InChI=1S/C13H8Cl3F3N2O/c14-8-5-21-12(16)10(15)9(8)11(20)6-1-3-7(4-2-6)22-13(17,18)19/h1-5,11H,20H2/t11-/m1/s1. The highest BCUT2D eigenvalue weighted by Gasteiger charge is 2.31. The van der Waals surface area contributed by atoms with Crippen LogP contribution in [-0.2, 0) is 0 Å². The Morgan fingerprint density at radius 1 is 1.09 bits per heavy atom. The summed E-state index contributed by atoms with van der Waals surface area (Å²) in [5.41, 5.74) is 6.87. The predicted octanol–water partition coefficient (Wildman–Crippen LogP) is 4.99. The van der Waals surface area contributed by atoms with Gasteiger partial charge in [0.15, 0.2) is 0 Å². The van der Waals surface area contributed by atoms with Crippen LogP contribution in [0, 0.1) is 0 Å². The molecule has 22 heavy (non-hydrogen) atoms. The minimum atomic E-state index is -4.76. The molecule has 2 aromatic rings. The SMILES string of the molecule is N[C@H](c1ccc(OC(F)(F)F)cc1)c1c(Cl)cnc(Cl)c1Cl. The van der Waals surface area contributed by atoms with Gasteiger partial charge in [-0.2, -0.15) is 0 Å². The van der Waals surface area contributed by atoms with Gasteiger partial charge < -0.3 is 10.5 Å². The van der Waals surface area contributed by atoms with Crippen LogP contribution in [0.15, 0.2) is 30.5 Å². The van der Waals surface area contributed by atoms with Crippen LogP contribution in [0.5, 0.6) is 5.75 Å². The maximum atomic E-state index is 12.1. The molecule has 2 N–H and O–H groups in total. The number of alkyl halides is 3. The van der Waals surface area contributed by atoms with Gasteiger partial charge in [-0.25, -0.2) is 4.98 Å². The zero-order valence-electron chi connectivity index (χ0n) is 10.7. The van der Waals surface area contributed by atoms with Crippen molar-refractivity contribution in [1.29, 1.82) is 0 Å². The molecule has 2 rings (SSSR count). The topological polar surface area (TPSA) is 48.1 Å². The van der Waals surface area contributed by atoms with Crippen LogP contribution in [0.1, 0.15) is 17.2 Å². The highest BCUT2D eigenvalue weighted by atomic mass is 35.5. The quantitative estimate of drug-likeness (QED) is 0.773. The molecular formula is C13H8Cl3F3N2O. The van der Waals surface area contributed by atoms with Crippen molar-refractivity contribution in [3.63, 3.8) is 0 Å². The number of pyridine rings is 1. The number of hydrogen-bond acceptors (Lipinski definition) is 3. The van der Waals surface area contributed by atoms with Crippen LogP contribution in [0.25, 0.3) is 0 Å². The lowest BCUT2D eigenvalue weighted by Crippen LogP contribution is -2.17. The molecule has 0 bridgehead atoms. The maximum Gasteiger partial charge on any atom is 0.573 e. The molecule has 9 heteroatoms. The van der Waals surface area contributed by atoms with Crippen molar-refractivity contribution in [3.05, 3.63) is 56.8 Å². The van der Waals surface area contributed by atoms with E-state index in [4.69, 9.17) is 40.5 Å². The molecule has 0 saturated carbocycles. The van der Waals surface area contributed by atoms with Gasteiger partial charge in [0.05, 0.1) is 16.1 Å². The Morgan fingerprint density at radius 2 is 1.68 bits per heavy atom. The van der Waals surface area contributed by atoms with Gasteiger partial charge in [-0.15, -0.1) is 13.2 Å². The molecule has 0 radical (unpaired) electrons. The van der Waals surface area contributed by atoms with Gasteiger partial charge in [0.25, 0.3) is 0 Å². The summed E-state index contributed by atoms with van der Waals surface area (Å²) in [5.74, 6) is -0.353. The van der Waals surface area contributed by atoms with E-state index in [0.29, 0.717) is 11.1 Å². The van der Waals surface area contributed by atoms with Gasteiger partial charge in [0, 0.05) is 11.8 Å². The zero-order valence-corrected chi connectivity index (χ0v) is 12.9. The lowest BCUT2D eigenvalue weighted by atomic mass is 10.0. The second-order valence-electron chi connectivity index (χ2n) is 4.22. The fourth-order valence-corrected chi connectivity index (χ4v) is 2.51. The van der Waals surface area contributed by atoms with E-state index in [-0.39, 0.29) is 20.9 Å². The van der Waals surface area contributed by atoms with Crippen molar-refractivity contribution >= 4 is 34.8 Å². The lowest BCUT2D eigenvalue weighted by molar-refractivity contribution is -0.274. The second kappa shape index (κ2) is 6.50. The van der Waals surface area contributed by atoms with Crippen molar-refractivity contribution < 1.29 is 17.9 Å². The number of aromatic nitrogens is 1. The number of nitrogens with two attached hydrogens (primary N) is 1. The zero-order chi connectivity index (χ0) is 16.5. The molecular weight excluding hydrogens is 364 g/mol. The minimum Gasteiger partial charge on any atom is -0.406 e. The first-order chi connectivity index (χ1) is 10.2. The van der Waals surface area contributed by atoms with Crippen molar-refractivity contribution in [2.24, 2.45) is 5.73 Å². The van der Waals surface area contributed by atoms with Crippen LogP contribution in [0.4, 0.5) is 13.2 Å². The normalized spacial score (nSPS) is 13.0. The lowest BCUT2D eigenvalue weighted by Gasteiger charge is -2.17. The summed E-state index contributed by atoms with van der Waals surface area (Å²) in [6, 6.07) is 4.28. The number of nitrogens with zero attached hydrogens (tertiary/aromatic N) is 1. The first-order valence-electron chi connectivity index (χ1n) is 5.79. The molecule has 0 amide bonds. The molecule has 0 aliphatic carbocycles. The molecule has 0 saturated heterocycles. The fourth-order valence-electron chi connectivity index (χ4n) is 1.78. The van der Waals surface area contributed by atoms with Crippen LogP contribution >= 0.6 is 34.8 Å². The van der Waals surface area contributed by atoms with Gasteiger partial charge in [-0.1, -0.05) is 46.9 Å². The van der Waals surface area contributed by atoms with Gasteiger partial charge in [-0.05, 0) is 17.7 Å². The van der Waals surface area contributed by atoms with Crippen molar-refractivity contribution in [3.8, 4) is 5.75 Å². The molecule has 0 spiro atoms. The van der Waals surface area contributed by atoms with Crippen LogP contribution in [0.3, 0.4) is 0 Å². The number of benzene rings is 1. The molecule has 1 aromatic carbocycles. The highest BCUT2D eigenvalue weighted by molar-refractivity contribution is 6.43. The first kappa shape index (κ1) is 17.1. The number of halogens is 6. The fraction of sp³-hybridized carbons (Fsp3) is 0.154. The predicted molar refractivity (Wildman–Crippen MR) is 78.4 cm³/mol. The maximum absolute atomic E-state index is 12.1. The number of ether oxygens (including phenoxy) is 1. The van der Waals surface area contributed by atoms with E-state index in [9.17, 15) is 13.2 Å². The third-order valence-corrected chi connectivity index (χ3v) is 3.82. The van der Waals surface area contributed by atoms with Gasteiger partial charge >= 0.3 is 6.36 Å². The van der Waals surface area contributed by atoms with E-state index in [1.165, 1.54) is 18.3 Å². The van der Waals surface area contributed by atoms with E-state index in [0.717, 1.165) is 12.1 Å². The Bertz CT molecular complexity index is 677. The summed E-state index contributed by atoms with van der Waals surface area (Å²) in [4.78, 5) is 3.77. The largest absolute Gasteiger partial charge is 0.573 e. The van der Waals surface area contributed by atoms with Gasteiger partial charge in [0.2, 0.25) is 0 Å². The van der Waals surface area contributed by atoms with E-state index in [2.05, 4.69) is 9.72 Å². The van der Waals surface area contributed by atoms with Crippen molar-refractivity contribution in [2.45, 2.75) is 12.4 Å². The number of rotatable bonds is 3. The Morgan fingerprint density at radius 3 is 2.23 bits per heavy atom. The minimum absolute atomic E-state index is 0.0357. The summed E-state index contributed by atoms with van der Waals surface area (Å²) in [5, 5.41) is 0.336. The second-order valence-corrected chi connectivity index (χ2v) is 5.36. The Labute approximate surface area is 138 Å². The molecule has 3 nitrogen and oxygen atoms in total. The summed E-state index contributed by atoms with van der Waals surface area (Å²) in [6.07, 6.45) is -3.46. The van der Waals surface area contributed by atoms with Crippen LogP contribution < -0.4 is 10.5 Å². The van der Waals surface area contributed by atoms with E-state index >= 15 is 0 Å². The summed E-state index contributed by atoms with van der Waals surface area (Å²) in [6.45, 7) is 0. The summed E-state index contributed by atoms with van der Waals surface area (Å²) in [7, 11) is 0. The summed E-state index contributed by atoms with van der Waals surface area (Å²) >= 11 is 17.8. The van der Waals surface area contributed by atoms with Crippen molar-refractivity contribution in [2.75, 3.05) is 0 Å². The van der Waals surface area contributed by atoms with Crippen LogP contribution in [0.2, 0.25) is 15.2 Å². The van der Waals surface area contributed by atoms with Gasteiger partial charge in [0.1, 0.15) is 10.9 Å². The molecule has 0 aliphatic heterocycles. The monoisotopic (exact) mass is 370 g/mol. The molecule has 1 heterocycles. The average molecular weight is 372 g/mol. The van der Waals surface area contributed by atoms with E-state index in [1.54, 1.807) is 0 Å². The Hall–Kier alpha value is -1.21. The third kappa shape index (κ3) is 3.95. The molecule has 118 valence electrons. The van der Waals surface area contributed by atoms with E-state index < -0.39 is 12.4 Å². The van der Waals surface area contributed by atoms with Crippen LogP contribution in [-0.4, -0.2) is 11.3 Å². The average Bonchev–Trinajstić information content (AvgIpc) is 2.42. The molecule has 1 aromatic heterocycles. The first-order valence-corrected chi connectivity index (χ1v) is 6.93. The molecule has 0 aliphatic rings. The number of hydrogen-bond donors (Lipinski definition) is 1. The smallest absolute Gasteiger partial charge is 0.406 e. The molecule has 0 unspecified atom stereocenters. The van der Waals surface area contributed by atoms with E-state index in [1.807, 2.05) is 0 Å². The summed E-state index contributed by atoms with van der Waals surface area (Å²) < 4.78 is 40.1. The Balaban J connectivity index is 2.31. The molecule has 1 atom stereocenters. The van der Waals surface area contributed by atoms with Crippen molar-refractivity contribution in [1.82, 2.24) is 4.98 Å². The Kier molecular flexibility index (Phi) is 5.07. The molecule has 0 fully saturated rings. The third-order valence-electron chi connectivity index (χ3n) is 2.75. The highest BCUT2D eigenvalue weighted by Crippen LogP contribution is 2.36.